The molecule has 0 aromatic rings. The fraction of sp³-hybridized carbons (Fsp3) is 0.714. The van der Waals surface area contributed by atoms with Gasteiger partial charge in [0.15, 0.2) is 0 Å². The largest absolute Gasteiger partial charge is 0.390 e. The summed E-state index contributed by atoms with van der Waals surface area (Å²) >= 11 is 0. The molecule has 0 fully saturated rings. The van der Waals surface area contributed by atoms with Crippen LogP contribution in [0.3, 0.4) is 0 Å². The maximum absolute atomic E-state index is 11.6. The average Bonchev–Trinajstić information content (AvgIpc) is 1.79. The Hall–Kier alpha value is -0.690. The number of hydrogen-bond acceptors (Lipinski definition) is 1. The van der Waals surface area contributed by atoms with Gasteiger partial charge in [0.1, 0.15) is 0 Å². The highest BCUT2D eigenvalue weighted by atomic mass is 19.4. The maximum Gasteiger partial charge on any atom is 0.390 e. The van der Waals surface area contributed by atoms with Gasteiger partial charge in [0.25, 0.3) is 0 Å². The van der Waals surface area contributed by atoms with E-state index in [0.717, 1.165) is 0 Å². The highest BCUT2D eigenvalue weighted by Crippen LogP contribution is 2.21. The summed E-state index contributed by atoms with van der Waals surface area (Å²) in [7, 11) is 0. The Morgan fingerprint density at radius 1 is 1.45 bits per heavy atom. The fourth-order valence-electron chi connectivity index (χ4n) is 0.603. The van der Waals surface area contributed by atoms with Gasteiger partial charge in [-0.15, -0.1) is 11.8 Å². The molecule has 0 saturated heterocycles. The van der Waals surface area contributed by atoms with Crippen LogP contribution in [0, 0.1) is 11.8 Å². The van der Waals surface area contributed by atoms with Gasteiger partial charge in [0, 0.05) is 12.5 Å². The monoisotopic (exact) mass is 165 g/mol. The van der Waals surface area contributed by atoms with Crippen molar-refractivity contribution in [3.8, 4) is 11.8 Å². The normalized spacial score (nSPS) is 13.5. The molecule has 11 heavy (non-hydrogen) atoms. The van der Waals surface area contributed by atoms with Crippen LogP contribution in [0.1, 0.15) is 19.8 Å². The summed E-state index contributed by atoms with van der Waals surface area (Å²) in [5.74, 6) is 4.98. The molecule has 0 spiro atoms. The lowest BCUT2D eigenvalue weighted by Gasteiger charge is -2.10. The van der Waals surface area contributed by atoms with E-state index in [1.54, 1.807) is 6.92 Å². The summed E-state index contributed by atoms with van der Waals surface area (Å²) in [4.78, 5) is 0. The molecule has 0 aliphatic heterocycles. The van der Waals surface area contributed by atoms with E-state index in [1.165, 1.54) is 0 Å². The Bertz CT molecular complexity index is 163. The van der Waals surface area contributed by atoms with Crippen molar-refractivity contribution in [2.24, 2.45) is 5.73 Å². The van der Waals surface area contributed by atoms with Crippen molar-refractivity contribution in [1.29, 1.82) is 0 Å². The van der Waals surface area contributed by atoms with Crippen molar-refractivity contribution in [2.75, 3.05) is 0 Å². The first kappa shape index (κ1) is 10.3. The Morgan fingerprint density at radius 2 is 2.00 bits per heavy atom. The van der Waals surface area contributed by atoms with Crippen LogP contribution in [0.2, 0.25) is 0 Å². The summed E-state index contributed by atoms with van der Waals surface area (Å²) in [6.07, 6.45) is -5.02. The molecule has 0 saturated carbocycles. The molecule has 0 radical (unpaired) electrons. The minimum Gasteiger partial charge on any atom is -0.327 e. The van der Waals surface area contributed by atoms with Crippen LogP contribution in [0.25, 0.3) is 0 Å². The summed E-state index contributed by atoms with van der Waals surface area (Å²) in [5.41, 5.74) is 5.12. The summed E-state index contributed by atoms with van der Waals surface area (Å²) in [6, 6.07) is -0.887. The molecule has 0 bridgehead atoms. The lowest BCUT2D eigenvalue weighted by Crippen LogP contribution is -2.26. The number of alkyl halides is 3. The molecule has 1 nitrogen and oxygen atoms in total. The van der Waals surface area contributed by atoms with Crippen molar-refractivity contribution in [3.05, 3.63) is 0 Å². The van der Waals surface area contributed by atoms with Crippen molar-refractivity contribution in [1.82, 2.24) is 0 Å². The Labute approximate surface area is 63.8 Å². The number of halogens is 3. The smallest absolute Gasteiger partial charge is 0.327 e. The second-order valence-electron chi connectivity index (χ2n) is 2.21. The minimum absolute atomic E-state index is 0.107. The molecule has 1 atom stereocenters. The van der Waals surface area contributed by atoms with Gasteiger partial charge in [-0.05, 0) is 6.92 Å². The topological polar surface area (TPSA) is 26.0 Å². The Morgan fingerprint density at radius 3 is 2.36 bits per heavy atom. The predicted octanol–water partition coefficient (Wildman–Crippen LogP) is 1.68. The molecule has 64 valence electrons. The van der Waals surface area contributed by atoms with Crippen LogP contribution in [0.4, 0.5) is 13.2 Å². The number of rotatable bonds is 2. The molecule has 0 rings (SSSR count). The lowest BCUT2D eigenvalue weighted by atomic mass is 10.1. The highest BCUT2D eigenvalue weighted by molar-refractivity contribution is 4.97. The number of hydrogen-bond donors (Lipinski definition) is 1. The molecular weight excluding hydrogens is 155 g/mol. The molecule has 0 aromatic heterocycles. The Balaban J connectivity index is 3.66. The van der Waals surface area contributed by atoms with Crippen molar-refractivity contribution in [2.45, 2.75) is 32.0 Å². The van der Waals surface area contributed by atoms with Gasteiger partial charge in [0.05, 0.1) is 6.42 Å². The first-order valence-corrected chi connectivity index (χ1v) is 3.17. The SMILES string of the molecule is CC#CCC(N)CC(F)(F)F. The van der Waals surface area contributed by atoms with E-state index < -0.39 is 18.6 Å². The highest BCUT2D eigenvalue weighted by Gasteiger charge is 2.29. The van der Waals surface area contributed by atoms with Crippen molar-refractivity contribution in [3.63, 3.8) is 0 Å². The van der Waals surface area contributed by atoms with Crippen LogP contribution in [-0.2, 0) is 0 Å². The summed E-state index contributed by atoms with van der Waals surface area (Å²) in [6.45, 7) is 1.57. The second-order valence-corrected chi connectivity index (χ2v) is 2.21. The van der Waals surface area contributed by atoms with Crippen LogP contribution in [-0.4, -0.2) is 12.2 Å². The quantitative estimate of drug-likeness (QED) is 0.619. The molecule has 0 aliphatic rings. The molecule has 0 aliphatic carbocycles. The van der Waals surface area contributed by atoms with Gasteiger partial charge in [-0.2, -0.15) is 13.2 Å². The van der Waals surface area contributed by atoms with Crippen LogP contribution in [0.5, 0.6) is 0 Å². The van der Waals surface area contributed by atoms with E-state index >= 15 is 0 Å². The molecule has 4 heteroatoms. The number of nitrogens with two attached hydrogens (primary N) is 1. The van der Waals surface area contributed by atoms with E-state index in [2.05, 4.69) is 11.8 Å². The van der Waals surface area contributed by atoms with Crippen LogP contribution >= 0.6 is 0 Å². The summed E-state index contributed by atoms with van der Waals surface area (Å²) < 4.78 is 34.8. The fourth-order valence-corrected chi connectivity index (χ4v) is 0.603. The van der Waals surface area contributed by atoms with Gasteiger partial charge >= 0.3 is 6.18 Å². The predicted molar refractivity (Wildman–Crippen MR) is 36.7 cm³/mol. The first-order valence-electron chi connectivity index (χ1n) is 3.17. The van der Waals surface area contributed by atoms with Gasteiger partial charge in [0.2, 0.25) is 0 Å². The molecule has 0 aromatic carbocycles. The lowest BCUT2D eigenvalue weighted by molar-refractivity contribution is -0.137. The van der Waals surface area contributed by atoms with E-state index in [9.17, 15) is 13.2 Å². The zero-order chi connectivity index (χ0) is 8.91. The van der Waals surface area contributed by atoms with E-state index in [1.807, 2.05) is 0 Å². The summed E-state index contributed by atoms with van der Waals surface area (Å²) in [5, 5.41) is 0. The van der Waals surface area contributed by atoms with Crippen molar-refractivity contribution < 1.29 is 13.2 Å². The van der Waals surface area contributed by atoms with Crippen LogP contribution in [0.15, 0.2) is 0 Å². The van der Waals surface area contributed by atoms with E-state index in [4.69, 9.17) is 5.73 Å². The third kappa shape index (κ3) is 7.20. The first-order chi connectivity index (χ1) is 4.95. The molecule has 0 heterocycles. The second kappa shape index (κ2) is 4.24. The minimum atomic E-state index is -4.17. The van der Waals surface area contributed by atoms with Gasteiger partial charge in [-0.25, -0.2) is 0 Å². The van der Waals surface area contributed by atoms with Gasteiger partial charge in [-0.3, -0.25) is 0 Å². The Kier molecular flexibility index (Phi) is 3.98. The van der Waals surface area contributed by atoms with E-state index in [0.29, 0.717) is 0 Å². The third-order valence-corrected chi connectivity index (χ3v) is 1.03. The van der Waals surface area contributed by atoms with Gasteiger partial charge < -0.3 is 5.73 Å². The molecule has 1 unspecified atom stereocenters. The average molecular weight is 165 g/mol. The van der Waals surface area contributed by atoms with Crippen LogP contribution < -0.4 is 5.73 Å². The maximum atomic E-state index is 11.6. The zero-order valence-electron chi connectivity index (χ0n) is 6.20. The van der Waals surface area contributed by atoms with Gasteiger partial charge in [-0.1, -0.05) is 0 Å². The molecule has 2 N–H and O–H groups in total. The van der Waals surface area contributed by atoms with E-state index in [-0.39, 0.29) is 6.42 Å². The zero-order valence-corrected chi connectivity index (χ0v) is 6.20. The van der Waals surface area contributed by atoms with Crippen molar-refractivity contribution >= 4 is 0 Å². The molecule has 0 amide bonds. The molecular formula is C7H10F3N. The third-order valence-electron chi connectivity index (χ3n) is 1.03. The standard InChI is InChI=1S/C7H10F3N/c1-2-3-4-6(11)5-7(8,9)10/h6H,4-5,11H2,1H3.